The SMILES string of the molecule is CCc1ccc(-c2nc(S[C@@H](C)C(=O)NC[C@@H](CC)c3ccccc3)n[nH]2)cc1. The normalized spacial score (nSPS) is 13.1. The Morgan fingerprint density at radius 3 is 2.48 bits per heavy atom. The molecule has 0 aliphatic rings. The van der Waals surface area contributed by atoms with Crippen molar-refractivity contribution in [3.63, 3.8) is 0 Å². The van der Waals surface area contributed by atoms with Gasteiger partial charge in [-0.15, -0.1) is 5.10 Å². The predicted molar refractivity (Wildman–Crippen MR) is 119 cm³/mol. The summed E-state index contributed by atoms with van der Waals surface area (Å²) >= 11 is 1.36. The number of aryl methyl sites for hydroxylation is 1. The zero-order valence-electron chi connectivity index (χ0n) is 17.2. The van der Waals surface area contributed by atoms with Crippen molar-refractivity contribution in [1.29, 1.82) is 0 Å². The summed E-state index contributed by atoms with van der Waals surface area (Å²) in [5.41, 5.74) is 3.53. The lowest BCUT2D eigenvalue weighted by molar-refractivity contribution is -0.120. The second-order valence-corrected chi connectivity index (χ2v) is 8.35. The van der Waals surface area contributed by atoms with Gasteiger partial charge in [0.2, 0.25) is 11.1 Å². The zero-order chi connectivity index (χ0) is 20.6. The third kappa shape index (κ3) is 5.70. The van der Waals surface area contributed by atoms with Crippen LogP contribution in [0.4, 0.5) is 0 Å². The van der Waals surface area contributed by atoms with Crippen LogP contribution in [0.15, 0.2) is 59.8 Å². The number of aromatic amines is 1. The molecule has 6 heteroatoms. The summed E-state index contributed by atoms with van der Waals surface area (Å²) < 4.78 is 0. The molecule has 0 radical (unpaired) electrons. The lowest BCUT2D eigenvalue weighted by Gasteiger charge is -2.17. The number of nitrogens with one attached hydrogen (secondary N) is 2. The van der Waals surface area contributed by atoms with Crippen LogP contribution in [-0.2, 0) is 11.2 Å². The minimum Gasteiger partial charge on any atom is -0.355 e. The van der Waals surface area contributed by atoms with E-state index in [0.29, 0.717) is 17.6 Å². The number of amides is 1. The highest BCUT2D eigenvalue weighted by atomic mass is 32.2. The van der Waals surface area contributed by atoms with E-state index in [1.165, 1.54) is 22.9 Å². The third-order valence-corrected chi connectivity index (χ3v) is 6.00. The first-order chi connectivity index (χ1) is 14.1. The molecule has 3 rings (SSSR count). The molecule has 152 valence electrons. The molecule has 0 aliphatic carbocycles. The van der Waals surface area contributed by atoms with Gasteiger partial charge >= 0.3 is 0 Å². The number of aromatic nitrogens is 3. The molecule has 0 saturated heterocycles. The summed E-state index contributed by atoms with van der Waals surface area (Å²) in [6, 6.07) is 18.6. The van der Waals surface area contributed by atoms with Crippen molar-refractivity contribution in [1.82, 2.24) is 20.5 Å². The maximum atomic E-state index is 12.5. The molecule has 0 aliphatic heterocycles. The Kier molecular flexibility index (Phi) is 7.47. The van der Waals surface area contributed by atoms with Gasteiger partial charge in [0.15, 0.2) is 5.82 Å². The molecule has 0 fully saturated rings. The van der Waals surface area contributed by atoms with Crippen LogP contribution in [0.2, 0.25) is 0 Å². The van der Waals surface area contributed by atoms with Gasteiger partial charge in [-0.05, 0) is 30.9 Å². The van der Waals surface area contributed by atoms with Crippen LogP contribution in [-0.4, -0.2) is 32.9 Å². The summed E-state index contributed by atoms with van der Waals surface area (Å²) in [5, 5.41) is 10.6. The average molecular weight is 409 g/mol. The smallest absolute Gasteiger partial charge is 0.233 e. The molecule has 29 heavy (non-hydrogen) atoms. The molecule has 1 amide bonds. The fraction of sp³-hybridized carbons (Fsp3) is 0.348. The van der Waals surface area contributed by atoms with E-state index in [-0.39, 0.29) is 11.2 Å². The molecule has 0 bridgehead atoms. The Morgan fingerprint density at radius 2 is 1.83 bits per heavy atom. The van der Waals surface area contributed by atoms with E-state index < -0.39 is 0 Å². The summed E-state index contributed by atoms with van der Waals surface area (Å²) in [5.74, 6) is 1.04. The Morgan fingerprint density at radius 1 is 1.10 bits per heavy atom. The maximum absolute atomic E-state index is 12.5. The van der Waals surface area contributed by atoms with Gasteiger partial charge in [0, 0.05) is 18.0 Å². The molecule has 0 saturated carbocycles. The number of hydrogen-bond donors (Lipinski definition) is 2. The molecule has 5 nitrogen and oxygen atoms in total. The van der Waals surface area contributed by atoms with Gasteiger partial charge < -0.3 is 5.32 Å². The topological polar surface area (TPSA) is 70.7 Å². The fourth-order valence-electron chi connectivity index (χ4n) is 3.13. The number of thioether (sulfide) groups is 1. The van der Waals surface area contributed by atoms with Crippen molar-refractivity contribution in [3.8, 4) is 11.4 Å². The van der Waals surface area contributed by atoms with E-state index in [2.05, 4.69) is 58.6 Å². The minimum absolute atomic E-state index is 0.00281. The first-order valence-corrected chi connectivity index (χ1v) is 11.0. The highest BCUT2D eigenvalue weighted by Gasteiger charge is 2.19. The fourth-order valence-corrected chi connectivity index (χ4v) is 3.88. The number of hydrogen-bond acceptors (Lipinski definition) is 4. The number of benzene rings is 2. The Labute approximate surface area is 176 Å². The second-order valence-electron chi connectivity index (χ2n) is 7.04. The molecular weight excluding hydrogens is 380 g/mol. The second kappa shape index (κ2) is 10.3. The highest BCUT2D eigenvalue weighted by molar-refractivity contribution is 8.00. The average Bonchev–Trinajstić information content (AvgIpc) is 3.23. The van der Waals surface area contributed by atoms with Crippen molar-refractivity contribution in [2.75, 3.05) is 6.54 Å². The number of nitrogens with zero attached hydrogens (tertiary/aromatic N) is 2. The largest absolute Gasteiger partial charge is 0.355 e. The molecule has 3 aromatic rings. The maximum Gasteiger partial charge on any atom is 0.233 e. The van der Waals surface area contributed by atoms with E-state index in [9.17, 15) is 4.79 Å². The van der Waals surface area contributed by atoms with E-state index in [4.69, 9.17) is 0 Å². The van der Waals surface area contributed by atoms with Crippen LogP contribution in [0.1, 0.15) is 44.2 Å². The molecular formula is C23H28N4OS. The zero-order valence-corrected chi connectivity index (χ0v) is 18.0. The van der Waals surface area contributed by atoms with Gasteiger partial charge in [0.1, 0.15) is 0 Å². The first kappa shape index (κ1) is 21.1. The van der Waals surface area contributed by atoms with Crippen LogP contribution in [0, 0.1) is 0 Å². The van der Waals surface area contributed by atoms with E-state index in [1.54, 1.807) is 0 Å². The number of carbonyl (C=O) groups is 1. The van der Waals surface area contributed by atoms with Crippen LogP contribution in [0.5, 0.6) is 0 Å². The molecule has 0 spiro atoms. The van der Waals surface area contributed by atoms with Gasteiger partial charge in [-0.2, -0.15) is 0 Å². The summed E-state index contributed by atoms with van der Waals surface area (Å²) in [6.07, 6.45) is 1.99. The molecule has 1 heterocycles. The van der Waals surface area contributed by atoms with Gasteiger partial charge in [0.25, 0.3) is 0 Å². The van der Waals surface area contributed by atoms with E-state index in [1.807, 2.05) is 37.3 Å². The first-order valence-electron chi connectivity index (χ1n) is 10.1. The van der Waals surface area contributed by atoms with Crippen LogP contribution in [0.25, 0.3) is 11.4 Å². The predicted octanol–water partition coefficient (Wildman–Crippen LogP) is 4.82. The van der Waals surface area contributed by atoms with Crippen LogP contribution in [0.3, 0.4) is 0 Å². The standard InChI is InChI=1S/C23H28N4OS/c1-4-17-11-13-20(14-12-17)21-25-23(27-26-21)29-16(3)22(28)24-15-18(5-2)19-9-7-6-8-10-19/h6-14,16,18H,4-5,15H2,1-3H3,(H,24,28)(H,25,26,27)/t16-,18+/m0/s1. The third-order valence-electron chi connectivity index (χ3n) is 5.04. The van der Waals surface area contributed by atoms with Gasteiger partial charge in [-0.25, -0.2) is 4.98 Å². The lowest BCUT2D eigenvalue weighted by atomic mass is 9.96. The van der Waals surface area contributed by atoms with Crippen molar-refractivity contribution < 1.29 is 4.79 Å². The molecule has 0 unspecified atom stereocenters. The Hall–Kier alpha value is -2.60. The minimum atomic E-state index is -0.269. The highest BCUT2D eigenvalue weighted by Crippen LogP contribution is 2.24. The summed E-state index contributed by atoms with van der Waals surface area (Å²) in [6.45, 7) is 6.79. The van der Waals surface area contributed by atoms with Gasteiger partial charge in [-0.1, -0.05) is 80.2 Å². The van der Waals surface area contributed by atoms with Crippen LogP contribution < -0.4 is 5.32 Å². The van der Waals surface area contributed by atoms with E-state index >= 15 is 0 Å². The van der Waals surface area contributed by atoms with E-state index in [0.717, 1.165) is 24.2 Å². The monoisotopic (exact) mass is 408 g/mol. The molecule has 2 aromatic carbocycles. The van der Waals surface area contributed by atoms with Crippen molar-refractivity contribution in [3.05, 3.63) is 65.7 Å². The number of rotatable bonds is 9. The number of carbonyl (C=O) groups excluding carboxylic acids is 1. The van der Waals surface area contributed by atoms with Crippen molar-refractivity contribution >= 4 is 17.7 Å². The molecule has 2 atom stereocenters. The quantitative estimate of drug-likeness (QED) is 0.498. The Bertz CT molecular complexity index is 908. The van der Waals surface area contributed by atoms with Gasteiger partial charge in [-0.3, -0.25) is 9.89 Å². The lowest BCUT2D eigenvalue weighted by Crippen LogP contribution is -2.34. The van der Waals surface area contributed by atoms with Crippen LogP contribution >= 0.6 is 11.8 Å². The Balaban J connectivity index is 1.55. The summed E-state index contributed by atoms with van der Waals surface area (Å²) in [4.78, 5) is 17.1. The molecule has 2 N–H and O–H groups in total. The number of H-pyrrole nitrogens is 1. The molecule has 1 aromatic heterocycles. The summed E-state index contributed by atoms with van der Waals surface area (Å²) in [7, 11) is 0. The van der Waals surface area contributed by atoms with Gasteiger partial charge in [0.05, 0.1) is 5.25 Å². The van der Waals surface area contributed by atoms with Crippen molar-refractivity contribution in [2.45, 2.75) is 49.9 Å². The van der Waals surface area contributed by atoms with Crippen molar-refractivity contribution in [2.24, 2.45) is 0 Å².